The molecule has 26 heavy (non-hydrogen) atoms. The number of alkyl halides is 9. The third kappa shape index (κ3) is 4.48. The zero-order valence-electron chi connectivity index (χ0n) is 12.7. The van der Waals surface area contributed by atoms with Crippen molar-refractivity contribution in [2.75, 3.05) is 0 Å². The standard InChI is InChI=1S/C16H10F9N/c17-14(18,19)11-2-8(7-26)1-9(3-11)10-4-12(15(20,21)22)6-13(5-10)16(23,24)25/h1-6H,7,26H2. The fraction of sp³-hybridized carbons (Fsp3) is 0.250. The van der Waals surface area contributed by atoms with E-state index >= 15 is 0 Å². The van der Waals surface area contributed by atoms with Crippen molar-refractivity contribution in [3.05, 3.63) is 58.7 Å². The lowest BCUT2D eigenvalue weighted by Crippen LogP contribution is -2.11. The van der Waals surface area contributed by atoms with Crippen molar-refractivity contribution in [3.63, 3.8) is 0 Å². The summed E-state index contributed by atoms with van der Waals surface area (Å²) in [5, 5.41) is 0. The van der Waals surface area contributed by atoms with Gasteiger partial charge in [0.05, 0.1) is 16.7 Å². The second kappa shape index (κ2) is 6.49. The molecule has 2 rings (SSSR count). The Morgan fingerprint density at radius 1 is 0.538 bits per heavy atom. The topological polar surface area (TPSA) is 26.0 Å². The molecule has 2 aromatic rings. The second-order valence-electron chi connectivity index (χ2n) is 5.42. The summed E-state index contributed by atoms with van der Waals surface area (Å²) in [6.45, 7) is -0.373. The Hall–Kier alpha value is -2.23. The minimum Gasteiger partial charge on any atom is -0.326 e. The van der Waals surface area contributed by atoms with Crippen LogP contribution in [-0.4, -0.2) is 0 Å². The van der Waals surface area contributed by atoms with E-state index in [2.05, 4.69) is 0 Å². The van der Waals surface area contributed by atoms with Crippen molar-refractivity contribution in [2.45, 2.75) is 25.1 Å². The van der Waals surface area contributed by atoms with E-state index in [4.69, 9.17) is 5.73 Å². The third-order valence-electron chi connectivity index (χ3n) is 3.48. The van der Waals surface area contributed by atoms with Gasteiger partial charge >= 0.3 is 18.5 Å². The molecule has 0 aromatic heterocycles. The number of hydrogen-bond donors (Lipinski definition) is 1. The van der Waals surface area contributed by atoms with Crippen LogP contribution in [0.5, 0.6) is 0 Å². The van der Waals surface area contributed by atoms with Crippen molar-refractivity contribution in [1.29, 1.82) is 0 Å². The smallest absolute Gasteiger partial charge is 0.326 e. The van der Waals surface area contributed by atoms with Gasteiger partial charge in [0.25, 0.3) is 0 Å². The maximum Gasteiger partial charge on any atom is 0.416 e. The van der Waals surface area contributed by atoms with Crippen molar-refractivity contribution < 1.29 is 39.5 Å². The maximum atomic E-state index is 12.9. The molecule has 10 heteroatoms. The molecule has 0 bridgehead atoms. The Labute approximate surface area is 141 Å². The van der Waals surface area contributed by atoms with Crippen LogP contribution in [0.4, 0.5) is 39.5 Å². The third-order valence-corrected chi connectivity index (χ3v) is 3.48. The highest BCUT2D eigenvalue weighted by Gasteiger charge is 2.37. The highest BCUT2D eigenvalue weighted by molar-refractivity contribution is 5.67. The van der Waals surface area contributed by atoms with E-state index in [9.17, 15) is 39.5 Å². The van der Waals surface area contributed by atoms with E-state index in [0.717, 1.165) is 6.07 Å². The first-order chi connectivity index (χ1) is 11.7. The Morgan fingerprint density at radius 2 is 0.885 bits per heavy atom. The van der Waals surface area contributed by atoms with Crippen molar-refractivity contribution >= 4 is 0 Å². The lowest BCUT2D eigenvalue weighted by Gasteiger charge is -2.16. The predicted octanol–water partition coefficient (Wildman–Crippen LogP) is 5.87. The Balaban J connectivity index is 2.75. The molecule has 0 radical (unpaired) electrons. The molecule has 0 saturated carbocycles. The predicted molar refractivity (Wildman–Crippen MR) is 74.8 cm³/mol. The molecule has 0 aliphatic rings. The summed E-state index contributed by atoms with van der Waals surface area (Å²) >= 11 is 0. The first-order valence-corrected chi connectivity index (χ1v) is 6.93. The molecule has 0 fully saturated rings. The van der Waals surface area contributed by atoms with Crippen LogP contribution in [-0.2, 0) is 25.1 Å². The summed E-state index contributed by atoms with van der Waals surface area (Å²) in [6, 6.07) is 2.82. The van der Waals surface area contributed by atoms with Crippen LogP contribution in [0.2, 0.25) is 0 Å². The van der Waals surface area contributed by atoms with Crippen LogP contribution in [0.3, 0.4) is 0 Å². The van der Waals surface area contributed by atoms with Gasteiger partial charge in [0.2, 0.25) is 0 Å². The molecule has 0 heterocycles. The average molecular weight is 387 g/mol. The highest BCUT2D eigenvalue weighted by atomic mass is 19.4. The van der Waals surface area contributed by atoms with Crippen LogP contribution in [0.15, 0.2) is 36.4 Å². The van der Waals surface area contributed by atoms with Gasteiger partial charge in [-0.05, 0) is 53.1 Å². The van der Waals surface area contributed by atoms with Gasteiger partial charge in [-0.3, -0.25) is 0 Å². The van der Waals surface area contributed by atoms with E-state index in [1.54, 1.807) is 0 Å². The lowest BCUT2D eigenvalue weighted by atomic mass is 9.95. The number of benzene rings is 2. The van der Waals surface area contributed by atoms with Crippen molar-refractivity contribution in [2.24, 2.45) is 5.73 Å². The molecule has 1 nitrogen and oxygen atoms in total. The van der Waals surface area contributed by atoms with Crippen LogP contribution in [0, 0.1) is 0 Å². The SMILES string of the molecule is NCc1cc(-c2cc(C(F)(F)F)cc(C(F)(F)F)c2)cc(C(F)(F)F)c1. The number of hydrogen-bond acceptors (Lipinski definition) is 1. The molecule has 0 saturated heterocycles. The van der Waals surface area contributed by atoms with E-state index in [1.165, 1.54) is 0 Å². The minimum absolute atomic E-state index is 0.0826. The van der Waals surface area contributed by atoms with E-state index in [0.29, 0.717) is 24.3 Å². The average Bonchev–Trinajstić information content (AvgIpc) is 2.51. The molecule has 0 atom stereocenters. The monoisotopic (exact) mass is 387 g/mol. The largest absolute Gasteiger partial charge is 0.416 e. The number of nitrogens with two attached hydrogens (primary N) is 1. The second-order valence-corrected chi connectivity index (χ2v) is 5.42. The highest BCUT2D eigenvalue weighted by Crippen LogP contribution is 2.40. The summed E-state index contributed by atoms with van der Waals surface area (Å²) in [5.74, 6) is 0. The number of rotatable bonds is 2. The van der Waals surface area contributed by atoms with Gasteiger partial charge in [0.1, 0.15) is 0 Å². The van der Waals surface area contributed by atoms with Gasteiger partial charge in [-0.15, -0.1) is 0 Å². The lowest BCUT2D eigenvalue weighted by molar-refractivity contribution is -0.143. The molecule has 0 amide bonds. The Morgan fingerprint density at radius 3 is 1.23 bits per heavy atom. The molecular weight excluding hydrogens is 377 g/mol. The van der Waals surface area contributed by atoms with Gasteiger partial charge in [0.15, 0.2) is 0 Å². The maximum absolute atomic E-state index is 12.9. The first-order valence-electron chi connectivity index (χ1n) is 6.93. The zero-order valence-corrected chi connectivity index (χ0v) is 12.7. The molecule has 0 aliphatic carbocycles. The zero-order chi connectivity index (χ0) is 19.9. The molecule has 0 spiro atoms. The fourth-order valence-corrected chi connectivity index (χ4v) is 2.26. The van der Waals surface area contributed by atoms with Gasteiger partial charge in [-0.25, -0.2) is 0 Å². The van der Waals surface area contributed by atoms with Crippen molar-refractivity contribution in [3.8, 4) is 11.1 Å². The Kier molecular flexibility index (Phi) is 5.02. The van der Waals surface area contributed by atoms with Gasteiger partial charge in [0, 0.05) is 6.54 Å². The fourth-order valence-electron chi connectivity index (χ4n) is 2.26. The van der Waals surface area contributed by atoms with E-state index < -0.39 is 46.3 Å². The molecule has 0 unspecified atom stereocenters. The van der Waals surface area contributed by atoms with E-state index in [1.807, 2.05) is 0 Å². The summed E-state index contributed by atoms with van der Waals surface area (Å²) in [4.78, 5) is 0. The molecule has 2 aromatic carbocycles. The van der Waals surface area contributed by atoms with Crippen LogP contribution >= 0.6 is 0 Å². The van der Waals surface area contributed by atoms with E-state index in [-0.39, 0.29) is 18.2 Å². The molecule has 142 valence electrons. The molecule has 2 N–H and O–H groups in total. The minimum atomic E-state index is -5.10. The summed E-state index contributed by atoms with van der Waals surface area (Å²) < 4.78 is 116. The van der Waals surface area contributed by atoms with Crippen LogP contribution < -0.4 is 5.73 Å². The number of halogens is 9. The van der Waals surface area contributed by atoms with Crippen LogP contribution in [0.25, 0.3) is 11.1 Å². The van der Waals surface area contributed by atoms with Gasteiger partial charge in [-0.2, -0.15) is 39.5 Å². The normalized spacial score (nSPS) is 13.2. The summed E-state index contributed by atoms with van der Waals surface area (Å²) in [7, 11) is 0. The molecule has 0 aliphatic heterocycles. The first kappa shape index (κ1) is 20.1. The quantitative estimate of drug-likeness (QED) is 0.641. The molecular formula is C16H10F9N. The van der Waals surface area contributed by atoms with Crippen LogP contribution in [0.1, 0.15) is 22.3 Å². The Bertz CT molecular complexity index is 769. The van der Waals surface area contributed by atoms with Gasteiger partial charge < -0.3 is 5.73 Å². The van der Waals surface area contributed by atoms with Crippen molar-refractivity contribution in [1.82, 2.24) is 0 Å². The summed E-state index contributed by atoms with van der Waals surface area (Å²) in [6.07, 6.45) is -15.0. The van der Waals surface area contributed by atoms with Gasteiger partial charge in [-0.1, -0.05) is 0 Å². The summed E-state index contributed by atoms with van der Waals surface area (Å²) in [5.41, 5.74) is -0.350.